The monoisotopic (exact) mass is 335 g/mol. The lowest BCUT2D eigenvalue weighted by atomic mass is 10.1. The van der Waals surface area contributed by atoms with Crippen molar-refractivity contribution in [1.82, 2.24) is 20.1 Å². The third kappa shape index (κ3) is 3.55. The number of nitrogens with two attached hydrogens (primary N) is 1. The lowest BCUT2D eigenvalue weighted by Gasteiger charge is -2.06. The van der Waals surface area contributed by atoms with Gasteiger partial charge in [0.05, 0.1) is 17.5 Å². The molecule has 1 aromatic carbocycles. The lowest BCUT2D eigenvalue weighted by Crippen LogP contribution is -2.23. The van der Waals surface area contributed by atoms with Crippen LogP contribution in [0.3, 0.4) is 0 Å². The number of benzene rings is 1. The summed E-state index contributed by atoms with van der Waals surface area (Å²) in [5.41, 5.74) is 7.70. The molecule has 0 aliphatic carbocycles. The zero-order chi connectivity index (χ0) is 17.8. The van der Waals surface area contributed by atoms with Crippen LogP contribution in [0.2, 0.25) is 0 Å². The molecule has 0 atom stereocenters. The van der Waals surface area contributed by atoms with Crippen molar-refractivity contribution in [2.45, 2.75) is 13.5 Å². The Morgan fingerprint density at radius 2 is 1.92 bits per heavy atom. The van der Waals surface area contributed by atoms with Crippen molar-refractivity contribution in [1.29, 1.82) is 0 Å². The molecule has 0 saturated heterocycles. The van der Waals surface area contributed by atoms with E-state index in [1.807, 2.05) is 25.1 Å². The van der Waals surface area contributed by atoms with Crippen molar-refractivity contribution in [3.63, 3.8) is 0 Å². The van der Waals surface area contributed by atoms with Gasteiger partial charge in [0.2, 0.25) is 5.91 Å². The van der Waals surface area contributed by atoms with Crippen LogP contribution in [-0.4, -0.2) is 26.6 Å². The van der Waals surface area contributed by atoms with Crippen LogP contribution in [0.4, 0.5) is 0 Å². The number of carbonyl (C=O) groups excluding carboxylic acids is 2. The van der Waals surface area contributed by atoms with E-state index in [1.165, 1.54) is 6.20 Å². The summed E-state index contributed by atoms with van der Waals surface area (Å²) in [5, 5.41) is 7.08. The second-order valence-corrected chi connectivity index (χ2v) is 5.49. The maximum absolute atomic E-state index is 12.4. The van der Waals surface area contributed by atoms with E-state index in [-0.39, 0.29) is 5.91 Å². The molecule has 0 fully saturated rings. The Bertz CT molecular complexity index is 901. The first-order valence-corrected chi connectivity index (χ1v) is 7.69. The van der Waals surface area contributed by atoms with Crippen LogP contribution < -0.4 is 11.1 Å². The number of primary amides is 1. The molecular formula is C18H17N5O2. The summed E-state index contributed by atoms with van der Waals surface area (Å²) in [4.78, 5) is 27.7. The molecule has 2 aromatic heterocycles. The first kappa shape index (κ1) is 16.4. The normalized spacial score (nSPS) is 10.4. The molecule has 0 aliphatic heterocycles. The summed E-state index contributed by atoms with van der Waals surface area (Å²) in [5.74, 6) is -0.0482. The van der Waals surface area contributed by atoms with Gasteiger partial charge < -0.3 is 11.1 Å². The van der Waals surface area contributed by atoms with E-state index < -0.39 is 5.91 Å². The Labute approximate surface area is 144 Å². The van der Waals surface area contributed by atoms with E-state index in [9.17, 15) is 9.59 Å². The number of nitrogens with zero attached hydrogens (tertiary/aromatic N) is 3. The predicted molar refractivity (Wildman–Crippen MR) is 92.2 cm³/mol. The van der Waals surface area contributed by atoms with Gasteiger partial charge in [-0.2, -0.15) is 5.10 Å². The zero-order valence-corrected chi connectivity index (χ0v) is 13.6. The van der Waals surface area contributed by atoms with Gasteiger partial charge in [0.15, 0.2) is 5.82 Å². The van der Waals surface area contributed by atoms with Crippen LogP contribution in [0, 0.1) is 6.92 Å². The summed E-state index contributed by atoms with van der Waals surface area (Å²) in [6.45, 7) is 2.16. The maximum Gasteiger partial charge on any atom is 0.255 e. The van der Waals surface area contributed by atoms with Crippen LogP contribution in [0.25, 0.3) is 5.82 Å². The minimum Gasteiger partial charge on any atom is -0.366 e. The molecular weight excluding hydrogens is 318 g/mol. The molecule has 126 valence electrons. The first-order chi connectivity index (χ1) is 12.1. The second-order valence-electron chi connectivity index (χ2n) is 5.49. The average Bonchev–Trinajstić information content (AvgIpc) is 3.02. The van der Waals surface area contributed by atoms with Gasteiger partial charge in [-0.1, -0.05) is 18.2 Å². The smallest absolute Gasteiger partial charge is 0.255 e. The number of aromatic nitrogens is 3. The van der Waals surface area contributed by atoms with Gasteiger partial charge in [-0.05, 0) is 36.8 Å². The lowest BCUT2D eigenvalue weighted by molar-refractivity contribution is 0.0948. The minimum absolute atomic E-state index is 0.223. The Morgan fingerprint density at radius 3 is 2.56 bits per heavy atom. The summed E-state index contributed by atoms with van der Waals surface area (Å²) in [6.07, 6.45) is 3.20. The molecule has 0 bridgehead atoms. The third-order valence-electron chi connectivity index (χ3n) is 3.81. The van der Waals surface area contributed by atoms with Crippen LogP contribution in [0.15, 0.2) is 54.9 Å². The highest BCUT2D eigenvalue weighted by molar-refractivity contribution is 5.95. The summed E-state index contributed by atoms with van der Waals surface area (Å²) in [7, 11) is 0. The number of nitrogens with one attached hydrogen (secondary N) is 1. The number of rotatable bonds is 5. The molecule has 3 rings (SSSR count). The molecule has 0 radical (unpaired) electrons. The predicted octanol–water partition coefficient (Wildman–Crippen LogP) is 1.60. The molecule has 7 nitrogen and oxygen atoms in total. The van der Waals surface area contributed by atoms with Gasteiger partial charge >= 0.3 is 0 Å². The first-order valence-electron chi connectivity index (χ1n) is 7.69. The summed E-state index contributed by atoms with van der Waals surface area (Å²) >= 11 is 0. The highest BCUT2D eigenvalue weighted by Gasteiger charge is 2.15. The topological polar surface area (TPSA) is 103 Å². The van der Waals surface area contributed by atoms with E-state index in [4.69, 9.17) is 5.73 Å². The van der Waals surface area contributed by atoms with E-state index in [1.54, 1.807) is 35.1 Å². The molecule has 7 heteroatoms. The van der Waals surface area contributed by atoms with Crippen LogP contribution in [0.5, 0.6) is 0 Å². The van der Waals surface area contributed by atoms with Crippen molar-refractivity contribution in [3.05, 3.63) is 77.2 Å². The standard InChI is InChI=1S/C18H17N5O2/c1-12-15(11-22-23(12)16-4-2-3-9-20-16)18(25)21-10-13-5-7-14(8-6-13)17(19)24/h2-9,11H,10H2,1H3,(H2,19,24)(H,21,25). The van der Waals surface area contributed by atoms with Gasteiger partial charge in [0.25, 0.3) is 5.91 Å². The number of hydrogen-bond acceptors (Lipinski definition) is 4. The molecule has 2 amide bonds. The van der Waals surface area contributed by atoms with E-state index in [0.29, 0.717) is 29.2 Å². The average molecular weight is 335 g/mol. The maximum atomic E-state index is 12.4. The van der Waals surface area contributed by atoms with E-state index >= 15 is 0 Å². The minimum atomic E-state index is -0.479. The number of hydrogen-bond donors (Lipinski definition) is 2. The van der Waals surface area contributed by atoms with Crippen molar-refractivity contribution in [3.8, 4) is 5.82 Å². The SMILES string of the molecule is Cc1c(C(=O)NCc2ccc(C(N)=O)cc2)cnn1-c1ccccn1. The number of pyridine rings is 1. The van der Waals surface area contributed by atoms with Crippen LogP contribution in [-0.2, 0) is 6.54 Å². The molecule has 0 unspecified atom stereocenters. The fourth-order valence-electron chi connectivity index (χ4n) is 2.41. The van der Waals surface area contributed by atoms with Crippen LogP contribution in [0.1, 0.15) is 32.0 Å². The Morgan fingerprint density at radius 1 is 1.16 bits per heavy atom. The molecule has 0 aliphatic rings. The second kappa shape index (κ2) is 6.96. The quantitative estimate of drug-likeness (QED) is 0.739. The van der Waals surface area contributed by atoms with E-state index in [2.05, 4.69) is 15.4 Å². The van der Waals surface area contributed by atoms with Crippen molar-refractivity contribution in [2.24, 2.45) is 5.73 Å². The molecule has 0 spiro atoms. The fourth-order valence-corrected chi connectivity index (χ4v) is 2.41. The Hall–Kier alpha value is -3.48. The molecule has 25 heavy (non-hydrogen) atoms. The van der Waals surface area contributed by atoms with Crippen molar-refractivity contribution >= 4 is 11.8 Å². The Kier molecular flexibility index (Phi) is 4.56. The molecule has 3 aromatic rings. The highest BCUT2D eigenvalue weighted by Crippen LogP contribution is 2.12. The van der Waals surface area contributed by atoms with Crippen LogP contribution >= 0.6 is 0 Å². The molecule has 2 heterocycles. The summed E-state index contributed by atoms with van der Waals surface area (Å²) in [6, 6.07) is 12.3. The highest BCUT2D eigenvalue weighted by atomic mass is 16.2. The van der Waals surface area contributed by atoms with Gasteiger partial charge in [-0.3, -0.25) is 9.59 Å². The number of amides is 2. The van der Waals surface area contributed by atoms with Gasteiger partial charge in [0, 0.05) is 18.3 Å². The summed E-state index contributed by atoms with van der Waals surface area (Å²) < 4.78 is 1.62. The Balaban J connectivity index is 1.70. The molecule has 0 saturated carbocycles. The van der Waals surface area contributed by atoms with Crippen molar-refractivity contribution < 1.29 is 9.59 Å². The third-order valence-corrected chi connectivity index (χ3v) is 3.81. The molecule has 3 N–H and O–H groups in total. The zero-order valence-electron chi connectivity index (χ0n) is 13.6. The van der Waals surface area contributed by atoms with E-state index in [0.717, 1.165) is 5.56 Å². The van der Waals surface area contributed by atoms with Gasteiger partial charge in [0.1, 0.15) is 0 Å². The largest absolute Gasteiger partial charge is 0.366 e. The van der Waals surface area contributed by atoms with Gasteiger partial charge in [-0.25, -0.2) is 9.67 Å². The van der Waals surface area contributed by atoms with Gasteiger partial charge in [-0.15, -0.1) is 0 Å². The number of carbonyl (C=O) groups is 2. The fraction of sp³-hybridized carbons (Fsp3) is 0.111. The van der Waals surface area contributed by atoms with Crippen molar-refractivity contribution in [2.75, 3.05) is 0 Å².